The van der Waals surface area contributed by atoms with Crippen LogP contribution in [0.1, 0.15) is 35.2 Å². The van der Waals surface area contributed by atoms with Crippen molar-refractivity contribution in [1.82, 2.24) is 30.0 Å². The van der Waals surface area contributed by atoms with Crippen LogP contribution in [0.25, 0.3) is 39.1 Å². The molecule has 7 heteroatoms. The molecular weight excluding hydrogens is 475 g/mol. The van der Waals surface area contributed by atoms with Gasteiger partial charge in [0.15, 0.2) is 0 Å². The lowest BCUT2D eigenvalue weighted by molar-refractivity contribution is 0.331. The Labute approximate surface area is 221 Å². The van der Waals surface area contributed by atoms with Crippen LogP contribution in [0.4, 0.5) is 4.39 Å². The first kappa shape index (κ1) is 24.0. The van der Waals surface area contributed by atoms with Crippen molar-refractivity contribution in [3.63, 3.8) is 0 Å². The Kier molecular flexibility index (Phi) is 6.43. The summed E-state index contributed by atoms with van der Waals surface area (Å²) in [6.45, 7) is 9.08. The van der Waals surface area contributed by atoms with Crippen molar-refractivity contribution in [1.29, 1.82) is 0 Å². The summed E-state index contributed by atoms with van der Waals surface area (Å²) < 4.78 is 14.0. The number of H-pyrrole nitrogens is 2. The van der Waals surface area contributed by atoms with Gasteiger partial charge in [0.1, 0.15) is 11.5 Å². The predicted molar refractivity (Wildman–Crippen MR) is 150 cm³/mol. The number of pyridine rings is 2. The number of halogens is 1. The topological polar surface area (TPSA) is 73.5 Å². The van der Waals surface area contributed by atoms with E-state index in [1.807, 2.05) is 37.7 Å². The normalized spacial score (nSPS) is 14.4. The Morgan fingerprint density at radius 3 is 2.79 bits per heavy atom. The van der Waals surface area contributed by atoms with E-state index < -0.39 is 0 Å². The maximum Gasteiger partial charge on any atom is 0.123 e. The van der Waals surface area contributed by atoms with E-state index in [0.717, 1.165) is 75.6 Å². The molecule has 0 radical (unpaired) electrons. The van der Waals surface area contributed by atoms with E-state index in [1.165, 1.54) is 30.5 Å². The van der Waals surface area contributed by atoms with Gasteiger partial charge in [-0.3, -0.25) is 20.0 Å². The van der Waals surface area contributed by atoms with Crippen molar-refractivity contribution in [2.45, 2.75) is 26.3 Å². The summed E-state index contributed by atoms with van der Waals surface area (Å²) in [6.07, 6.45) is 11.8. The van der Waals surface area contributed by atoms with Gasteiger partial charge in [-0.1, -0.05) is 30.9 Å². The van der Waals surface area contributed by atoms with Gasteiger partial charge >= 0.3 is 0 Å². The maximum atomic E-state index is 14.0. The van der Waals surface area contributed by atoms with Crippen molar-refractivity contribution >= 4 is 16.5 Å². The number of nitrogens with zero attached hydrogens (tertiary/aromatic N) is 4. The van der Waals surface area contributed by atoms with Gasteiger partial charge in [-0.2, -0.15) is 5.10 Å². The van der Waals surface area contributed by atoms with E-state index in [1.54, 1.807) is 12.1 Å². The smallest absolute Gasteiger partial charge is 0.123 e. The number of rotatable bonds is 7. The molecule has 6 rings (SSSR count). The monoisotopic (exact) mass is 504 g/mol. The first-order chi connectivity index (χ1) is 18.6. The summed E-state index contributed by atoms with van der Waals surface area (Å²) in [5.41, 5.74) is 9.17. The quantitative estimate of drug-likeness (QED) is 0.243. The highest BCUT2D eigenvalue weighted by atomic mass is 19.1. The molecule has 0 saturated carbocycles. The van der Waals surface area contributed by atoms with Gasteiger partial charge in [-0.15, -0.1) is 0 Å². The summed E-state index contributed by atoms with van der Waals surface area (Å²) in [7, 11) is 0. The molecule has 4 aromatic heterocycles. The summed E-state index contributed by atoms with van der Waals surface area (Å²) >= 11 is 0. The molecule has 1 aliphatic heterocycles. The molecule has 0 unspecified atom stereocenters. The number of aromatic amines is 2. The number of nitrogens with one attached hydrogen (secondary N) is 2. The van der Waals surface area contributed by atoms with Crippen LogP contribution in [0.15, 0.2) is 79.8 Å². The van der Waals surface area contributed by atoms with Crippen LogP contribution in [0.3, 0.4) is 0 Å². The number of fused-ring (bicyclic) bond motifs is 1. The highest BCUT2D eigenvalue weighted by Crippen LogP contribution is 2.34. The second kappa shape index (κ2) is 10.2. The standard InChI is InChI=1S/C31H29FN6/c1-3-7-25(22-8-6-9-24(32)13-22)26-14-29(35-20(26)2)31-27-15-28(34-18-30(27)36-37-31)23-12-21(16-33-17-23)19-38-10-4-5-11-38/h3,6-9,12-18,35H,1,4-5,10-11,19H2,2H3,(H,36,37)/b25-7-. The SMILES string of the molecule is C=C/C=C(/c1cccc(F)c1)c1cc(-c2n[nH]c3cnc(-c4cncc(CN5CCCC5)c4)cc23)[nH]c1C. The lowest BCUT2D eigenvalue weighted by Gasteiger charge is -2.14. The summed E-state index contributed by atoms with van der Waals surface area (Å²) in [6, 6.07) is 12.9. The van der Waals surface area contributed by atoms with Crippen molar-refractivity contribution in [3.8, 4) is 22.6 Å². The number of benzene rings is 1. The lowest BCUT2D eigenvalue weighted by atomic mass is 9.97. The molecule has 190 valence electrons. The van der Waals surface area contributed by atoms with Gasteiger partial charge in [0.05, 0.1) is 23.1 Å². The lowest BCUT2D eigenvalue weighted by Crippen LogP contribution is -2.18. The van der Waals surface area contributed by atoms with E-state index in [-0.39, 0.29) is 5.82 Å². The van der Waals surface area contributed by atoms with Crippen molar-refractivity contribution < 1.29 is 4.39 Å². The number of aromatic nitrogens is 5. The molecule has 5 aromatic rings. The highest BCUT2D eigenvalue weighted by molar-refractivity contribution is 5.95. The fourth-order valence-electron chi connectivity index (χ4n) is 5.27. The van der Waals surface area contributed by atoms with Crippen LogP contribution in [0, 0.1) is 12.7 Å². The number of hydrogen-bond acceptors (Lipinski definition) is 4. The Morgan fingerprint density at radius 2 is 1.97 bits per heavy atom. The molecule has 38 heavy (non-hydrogen) atoms. The molecule has 5 heterocycles. The Morgan fingerprint density at radius 1 is 1.11 bits per heavy atom. The number of likely N-dealkylation sites (tertiary alicyclic amines) is 1. The zero-order valence-corrected chi connectivity index (χ0v) is 21.3. The molecule has 2 N–H and O–H groups in total. The fourth-order valence-corrected chi connectivity index (χ4v) is 5.27. The largest absolute Gasteiger partial charge is 0.357 e. The third-order valence-corrected chi connectivity index (χ3v) is 7.12. The maximum absolute atomic E-state index is 14.0. The minimum absolute atomic E-state index is 0.275. The van der Waals surface area contributed by atoms with Gasteiger partial charge in [0.2, 0.25) is 0 Å². The first-order valence-electron chi connectivity index (χ1n) is 12.9. The molecule has 1 aliphatic rings. The molecule has 0 spiro atoms. The molecule has 0 aliphatic carbocycles. The number of hydrogen-bond donors (Lipinski definition) is 2. The third kappa shape index (κ3) is 4.68. The second-order valence-electron chi connectivity index (χ2n) is 9.80. The molecular formula is C31H29FN6. The third-order valence-electron chi connectivity index (χ3n) is 7.12. The van der Waals surface area contributed by atoms with Crippen LogP contribution < -0.4 is 0 Å². The van der Waals surface area contributed by atoms with Crippen molar-refractivity contribution in [3.05, 3.63) is 108 Å². The van der Waals surface area contributed by atoms with Crippen molar-refractivity contribution in [2.24, 2.45) is 0 Å². The summed E-state index contributed by atoms with van der Waals surface area (Å²) in [5.74, 6) is -0.275. The minimum Gasteiger partial charge on any atom is -0.357 e. The Hall–Kier alpha value is -4.36. The van der Waals surface area contributed by atoms with Gasteiger partial charge in [0.25, 0.3) is 0 Å². The number of allylic oxidation sites excluding steroid dienone is 2. The molecule has 1 aromatic carbocycles. The Bertz CT molecular complexity index is 1650. The van der Waals surface area contributed by atoms with Gasteiger partial charge < -0.3 is 4.98 Å². The zero-order chi connectivity index (χ0) is 26.1. The summed E-state index contributed by atoms with van der Waals surface area (Å²) in [4.78, 5) is 15.1. The van der Waals surface area contributed by atoms with E-state index >= 15 is 0 Å². The molecule has 0 bridgehead atoms. The first-order valence-corrected chi connectivity index (χ1v) is 12.9. The van der Waals surface area contributed by atoms with Crippen LogP contribution in [0.5, 0.6) is 0 Å². The predicted octanol–water partition coefficient (Wildman–Crippen LogP) is 6.68. The van der Waals surface area contributed by atoms with E-state index in [0.29, 0.717) is 0 Å². The van der Waals surface area contributed by atoms with E-state index in [4.69, 9.17) is 0 Å². The van der Waals surface area contributed by atoms with E-state index in [2.05, 4.69) is 54.8 Å². The number of aryl methyl sites for hydroxylation is 1. The molecule has 6 nitrogen and oxygen atoms in total. The summed E-state index contributed by atoms with van der Waals surface area (Å²) in [5, 5.41) is 8.69. The second-order valence-corrected chi connectivity index (χ2v) is 9.80. The molecule has 0 atom stereocenters. The molecule has 0 amide bonds. The van der Waals surface area contributed by atoms with Crippen molar-refractivity contribution in [2.75, 3.05) is 13.1 Å². The van der Waals surface area contributed by atoms with Gasteiger partial charge in [-0.05, 0) is 79.9 Å². The van der Waals surface area contributed by atoms with Gasteiger partial charge in [-0.25, -0.2) is 4.39 Å². The average Bonchev–Trinajstić information content (AvgIpc) is 3.67. The fraction of sp³-hybridized carbons (Fsp3) is 0.194. The van der Waals surface area contributed by atoms with Crippen LogP contribution in [-0.2, 0) is 6.54 Å². The minimum atomic E-state index is -0.275. The Balaban J connectivity index is 1.37. The van der Waals surface area contributed by atoms with Crippen LogP contribution in [-0.4, -0.2) is 43.1 Å². The average molecular weight is 505 g/mol. The van der Waals surface area contributed by atoms with Crippen LogP contribution in [0.2, 0.25) is 0 Å². The highest BCUT2D eigenvalue weighted by Gasteiger charge is 2.18. The zero-order valence-electron chi connectivity index (χ0n) is 21.3. The van der Waals surface area contributed by atoms with Crippen LogP contribution >= 0.6 is 0 Å². The van der Waals surface area contributed by atoms with E-state index in [9.17, 15) is 4.39 Å². The molecule has 1 fully saturated rings. The molecule has 1 saturated heterocycles. The van der Waals surface area contributed by atoms with Gasteiger partial charge in [0, 0.05) is 41.1 Å².